The minimum absolute atomic E-state index is 0.0876. The molecule has 1 aliphatic rings. The third-order valence-corrected chi connectivity index (χ3v) is 4.45. The number of rotatable bonds is 3. The highest BCUT2D eigenvalue weighted by molar-refractivity contribution is 7.91. The first kappa shape index (κ1) is 12.8. The number of benzene rings is 1. The minimum Gasteiger partial charge on any atom is -0.390 e. The van der Waals surface area contributed by atoms with Gasteiger partial charge in [0.2, 0.25) is 0 Å². The average molecular weight is 272 g/mol. The third-order valence-electron chi connectivity index (χ3n) is 2.73. The van der Waals surface area contributed by atoms with Gasteiger partial charge < -0.3 is 10.4 Å². The summed E-state index contributed by atoms with van der Waals surface area (Å²) >= 11 is 0. The van der Waals surface area contributed by atoms with Crippen LogP contribution >= 0.6 is 0 Å². The van der Waals surface area contributed by atoms with Crippen LogP contribution in [-0.2, 0) is 9.84 Å². The van der Waals surface area contributed by atoms with Crippen molar-refractivity contribution in [2.45, 2.75) is 12.1 Å². The number of aliphatic hydroxyl groups excluding tert-OH is 1. The van der Waals surface area contributed by atoms with Crippen molar-refractivity contribution in [2.75, 3.05) is 16.8 Å². The maximum atomic E-state index is 11.3. The van der Waals surface area contributed by atoms with Gasteiger partial charge in [-0.05, 0) is 6.07 Å². The van der Waals surface area contributed by atoms with E-state index in [1.807, 2.05) is 0 Å². The third kappa shape index (κ3) is 2.77. The number of hydrogen-bond acceptors (Lipinski definition) is 6. The fourth-order valence-corrected chi connectivity index (χ4v) is 3.63. The van der Waals surface area contributed by atoms with E-state index in [2.05, 4.69) is 5.32 Å². The molecule has 2 atom stereocenters. The predicted molar refractivity (Wildman–Crippen MR) is 65.2 cm³/mol. The first-order valence-electron chi connectivity index (χ1n) is 5.27. The summed E-state index contributed by atoms with van der Waals surface area (Å²) in [5, 5.41) is 23.0. The zero-order chi connectivity index (χ0) is 13.3. The van der Waals surface area contributed by atoms with Gasteiger partial charge in [-0.25, -0.2) is 8.42 Å². The minimum atomic E-state index is -3.24. The molecule has 1 aromatic carbocycles. The van der Waals surface area contributed by atoms with E-state index in [1.165, 1.54) is 18.2 Å². The number of nitrogens with one attached hydrogen (secondary N) is 1. The molecule has 2 rings (SSSR count). The van der Waals surface area contributed by atoms with Gasteiger partial charge in [0, 0.05) is 17.8 Å². The predicted octanol–water partition coefficient (Wildman–Crippen LogP) is 0.165. The maximum absolute atomic E-state index is 11.3. The van der Waals surface area contributed by atoms with Gasteiger partial charge in [0.1, 0.15) is 0 Å². The number of non-ortho nitro benzene ring substituents is 1. The van der Waals surface area contributed by atoms with Crippen molar-refractivity contribution >= 4 is 21.2 Å². The summed E-state index contributed by atoms with van der Waals surface area (Å²) in [5.74, 6) is -0.448. The molecule has 0 aliphatic carbocycles. The van der Waals surface area contributed by atoms with Crippen LogP contribution < -0.4 is 5.32 Å². The molecule has 7 nitrogen and oxygen atoms in total. The normalized spacial score (nSPS) is 25.8. The van der Waals surface area contributed by atoms with E-state index >= 15 is 0 Å². The Morgan fingerprint density at radius 2 is 2.11 bits per heavy atom. The molecule has 0 amide bonds. The summed E-state index contributed by atoms with van der Waals surface area (Å²) in [4.78, 5) is 10.1. The second kappa shape index (κ2) is 4.54. The Morgan fingerprint density at radius 3 is 2.67 bits per heavy atom. The summed E-state index contributed by atoms with van der Waals surface area (Å²) in [6.07, 6.45) is -0.991. The van der Waals surface area contributed by atoms with Gasteiger partial charge in [0.05, 0.1) is 28.6 Å². The van der Waals surface area contributed by atoms with E-state index in [0.717, 1.165) is 0 Å². The lowest BCUT2D eigenvalue weighted by atomic mass is 10.2. The first-order valence-corrected chi connectivity index (χ1v) is 7.09. The van der Waals surface area contributed by atoms with Crippen LogP contribution in [0.4, 0.5) is 11.4 Å². The first-order chi connectivity index (χ1) is 8.37. The Hall–Kier alpha value is -1.67. The molecule has 0 saturated carbocycles. The smallest absolute Gasteiger partial charge is 0.271 e. The van der Waals surface area contributed by atoms with E-state index in [-0.39, 0.29) is 17.2 Å². The standard InChI is InChI=1S/C10H12N2O5S/c13-10-6-18(16,17)5-9(10)11-7-2-1-3-8(4-7)12(14)15/h1-4,9-11,13H,5-6H2/t9-,10-/m1/s1. The van der Waals surface area contributed by atoms with Gasteiger partial charge in [-0.2, -0.15) is 0 Å². The van der Waals surface area contributed by atoms with Crippen LogP contribution in [0.5, 0.6) is 0 Å². The lowest BCUT2D eigenvalue weighted by Crippen LogP contribution is -2.31. The highest BCUT2D eigenvalue weighted by Gasteiger charge is 2.36. The SMILES string of the molecule is O=[N+]([O-])c1cccc(N[C@@H]2CS(=O)(=O)C[C@H]2O)c1. The van der Waals surface area contributed by atoms with Crippen LogP contribution in [0.1, 0.15) is 0 Å². The molecule has 8 heteroatoms. The molecule has 1 aromatic rings. The van der Waals surface area contributed by atoms with Crippen molar-refractivity contribution in [3.63, 3.8) is 0 Å². The van der Waals surface area contributed by atoms with Crippen molar-refractivity contribution in [1.82, 2.24) is 0 Å². The van der Waals surface area contributed by atoms with E-state index in [0.29, 0.717) is 5.69 Å². The second-order valence-electron chi connectivity index (χ2n) is 4.20. The van der Waals surface area contributed by atoms with Gasteiger partial charge in [0.15, 0.2) is 9.84 Å². The van der Waals surface area contributed by atoms with Crippen LogP contribution in [-0.4, -0.2) is 42.1 Å². The Bertz CT molecular complexity index is 571. The van der Waals surface area contributed by atoms with E-state index in [1.54, 1.807) is 6.07 Å². The molecular formula is C10H12N2O5S. The van der Waals surface area contributed by atoms with Gasteiger partial charge in [-0.3, -0.25) is 10.1 Å². The molecule has 1 heterocycles. The lowest BCUT2D eigenvalue weighted by molar-refractivity contribution is -0.384. The fraction of sp³-hybridized carbons (Fsp3) is 0.400. The summed E-state index contributed by atoms with van der Waals surface area (Å²) < 4.78 is 22.6. The number of nitro groups is 1. The Kier molecular flexibility index (Phi) is 3.22. The summed E-state index contributed by atoms with van der Waals surface area (Å²) in [5.41, 5.74) is 0.334. The Labute approximate surface area is 104 Å². The van der Waals surface area contributed by atoms with Crippen LogP contribution in [0.2, 0.25) is 0 Å². The van der Waals surface area contributed by atoms with Crippen LogP contribution in [0.15, 0.2) is 24.3 Å². The number of hydrogen-bond donors (Lipinski definition) is 2. The quantitative estimate of drug-likeness (QED) is 0.599. The zero-order valence-electron chi connectivity index (χ0n) is 9.31. The number of anilines is 1. The monoisotopic (exact) mass is 272 g/mol. The summed E-state index contributed by atoms with van der Waals surface area (Å²) in [6.45, 7) is 0. The Morgan fingerprint density at radius 1 is 1.39 bits per heavy atom. The molecule has 0 bridgehead atoms. The van der Waals surface area contributed by atoms with Crippen LogP contribution in [0, 0.1) is 10.1 Å². The molecule has 0 radical (unpaired) electrons. The van der Waals surface area contributed by atoms with Crippen molar-refractivity contribution < 1.29 is 18.4 Å². The van der Waals surface area contributed by atoms with Crippen molar-refractivity contribution in [3.05, 3.63) is 34.4 Å². The largest absolute Gasteiger partial charge is 0.390 e. The van der Waals surface area contributed by atoms with Crippen LogP contribution in [0.25, 0.3) is 0 Å². The maximum Gasteiger partial charge on any atom is 0.271 e. The molecule has 0 spiro atoms. The summed E-state index contributed by atoms with van der Waals surface area (Å²) in [7, 11) is -3.24. The van der Waals surface area contributed by atoms with Crippen molar-refractivity contribution in [2.24, 2.45) is 0 Å². The van der Waals surface area contributed by atoms with Gasteiger partial charge in [-0.15, -0.1) is 0 Å². The van der Waals surface area contributed by atoms with Gasteiger partial charge >= 0.3 is 0 Å². The molecule has 1 aliphatic heterocycles. The topological polar surface area (TPSA) is 110 Å². The molecule has 0 aromatic heterocycles. The molecule has 1 fully saturated rings. The molecule has 2 N–H and O–H groups in total. The number of nitrogens with zero attached hydrogens (tertiary/aromatic N) is 1. The molecule has 1 saturated heterocycles. The number of nitro benzene ring substituents is 1. The highest BCUT2D eigenvalue weighted by Crippen LogP contribution is 2.21. The Balaban J connectivity index is 2.15. The molecule has 98 valence electrons. The summed E-state index contributed by atoms with van der Waals surface area (Å²) in [6, 6.07) is 5.10. The average Bonchev–Trinajstić information content (AvgIpc) is 2.52. The van der Waals surface area contributed by atoms with E-state index < -0.39 is 26.9 Å². The van der Waals surface area contributed by atoms with Crippen molar-refractivity contribution in [1.29, 1.82) is 0 Å². The second-order valence-corrected chi connectivity index (χ2v) is 6.36. The molecular weight excluding hydrogens is 260 g/mol. The molecule has 0 unspecified atom stereocenters. The van der Waals surface area contributed by atoms with Gasteiger partial charge in [0.25, 0.3) is 5.69 Å². The molecule has 18 heavy (non-hydrogen) atoms. The fourth-order valence-electron chi connectivity index (χ4n) is 1.89. The van der Waals surface area contributed by atoms with Crippen LogP contribution in [0.3, 0.4) is 0 Å². The van der Waals surface area contributed by atoms with Gasteiger partial charge in [-0.1, -0.05) is 6.07 Å². The lowest BCUT2D eigenvalue weighted by Gasteiger charge is -2.15. The highest BCUT2D eigenvalue weighted by atomic mass is 32.2. The van der Waals surface area contributed by atoms with Crippen molar-refractivity contribution in [3.8, 4) is 0 Å². The van der Waals surface area contributed by atoms with E-state index in [9.17, 15) is 23.6 Å². The number of sulfone groups is 1. The van der Waals surface area contributed by atoms with E-state index in [4.69, 9.17) is 0 Å². The zero-order valence-corrected chi connectivity index (χ0v) is 10.1. The number of aliphatic hydroxyl groups is 1.